The van der Waals surface area contributed by atoms with Crippen molar-refractivity contribution in [3.05, 3.63) is 64.7 Å². The Bertz CT molecular complexity index is 1290. The van der Waals surface area contributed by atoms with Crippen LogP contribution in [0, 0.1) is 5.92 Å². The maximum atomic E-state index is 13.6. The molecule has 2 amide bonds. The molecular formula is C30H36N2O8. The number of ether oxygens (including phenoxy) is 3. The highest BCUT2D eigenvalue weighted by Gasteiger charge is 2.52. The van der Waals surface area contributed by atoms with Crippen LogP contribution in [0.3, 0.4) is 0 Å². The predicted octanol–water partition coefficient (Wildman–Crippen LogP) is 1.30. The second-order valence-corrected chi connectivity index (χ2v) is 10.4. The number of hydrogen-bond donors (Lipinski definition) is 4. The van der Waals surface area contributed by atoms with Gasteiger partial charge in [-0.05, 0) is 54.7 Å². The molecule has 0 bridgehead atoms. The Morgan fingerprint density at radius 2 is 1.85 bits per heavy atom. The molecule has 214 valence electrons. The van der Waals surface area contributed by atoms with Crippen molar-refractivity contribution in [3.63, 3.8) is 0 Å². The number of methoxy groups -OCH3 is 2. The number of para-hydroxylation sites is 1. The zero-order chi connectivity index (χ0) is 28.4. The van der Waals surface area contributed by atoms with E-state index in [4.69, 9.17) is 14.2 Å². The molecule has 2 aromatic rings. The van der Waals surface area contributed by atoms with Crippen LogP contribution < -0.4 is 19.5 Å². The third-order valence-corrected chi connectivity index (χ3v) is 7.88. The average Bonchev–Trinajstić information content (AvgIpc) is 3.76. The fourth-order valence-electron chi connectivity index (χ4n) is 5.74. The highest BCUT2D eigenvalue weighted by atomic mass is 16.5. The molecule has 0 spiro atoms. The van der Waals surface area contributed by atoms with E-state index in [-0.39, 0.29) is 31.6 Å². The van der Waals surface area contributed by atoms with E-state index in [1.165, 1.54) is 7.11 Å². The summed E-state index contributed by atoms with van der Waals surface area (Å²) in [4.78, 5) is 28.7. The van der Waals surface area contributed by atoms with E-state index in [2.05, 4.69) is 5.32 Å². The average molecular weight is 553 g/mol. The van der Waals surface area contributed by atoms with Gasteiger partial charge in [-0.3, -0.25) is 9.59 Å². The van der Waals surface area contributed by atoms with Gasteiger partial charge in [0.15, 0.2) is 11.5 Å². The van der Waals surface area contributed by atoms with Crippen molar-refractivity contribution >= 4 is 11.8 Å². The van der Waals surface area contributed by atoms with Crippen LogP contribution in [0.1, 0.15) is 35.4 Å². The number of benzene rings is 2. The van der Waals surface area contributed by atoms with E-state index < -0.39 is 30.1 Å². The quantitative estimate of drug-likeness (QED) is 0.327. The third-order valence-electron chi connectivity index (χ3n) is 7.88. The summed E-state index contributed by atoms with van der Waals surface area (Å²) < 4.78 is 17.3. The van der Waals surface area contributed by atoms with E-state index in [0.29, 0.717) is 46.9 Å². The summed E-state index contributed by atoms with van der Waals surface area (Å²) in [5.41, 5.74) is 2.45. The maximum absolute atomic E-state index is 13.6. The molecule has 2 aromatic carbocycles. The van der Waals surface area contributed by atoms with Gasteiger partial charge in [0.1, 0.15) is 18.0 Å². The molecule has 4 unspecified atom stereocenters. The Morgan fingerprint density at radius 3 is 2.52 bits per heavy atom. The smallest absolute Gasteiger partial charge is 0.247 e. The first-order chi connectivity index (χ1) is 19.4. The second kappa shape index (κ2) is 11.9. The van der Waals surface area contributed by atoms with E-state index >= 15 is 0 Å². The molecule has 10 heteroatoms. The number of rotatable bonds is 11. The van der Waals surface area contributed by atoms with Gasteiger partial charge in [0.2, 0.25) is 11.8 Å². The molecule has 1 heterocycles. The molecule has 1 saturated carbocycles. The van der Waals surface area contributed by atoms with Crippen LogP contribution >= 0.6 is 0 Å². The Labute approximate surface area is 233 Å². The summed E-state index contributed by atoms with van der Waals surface area (Å²) in [7, 11) is 3.09. The SMILES string of the molecule is COc1ccccc1CCN(C(=O)C1CC1)C1C=C(C(=O)NCCO)C2c3cc(CO)cc(OC)c3OC2C1O. The highest BCUT2D eigenvalue weighted by molar-refractivity contribution is 5.96. The summed E-state index contributed by atoms with van der Waals surface area (Å²) >= 11 is 0. The monoisotopic (exact) mass is 552 g/mol. The lowest BCUT2D eigenvalue weighted by Crippen LogP contribution is -2.56. The van der Waals surface area contributed by atoms with Gasteiger partial charge in [-0.15, -0.1) is 0 Å². The van der Waals surface area contributed by atoms with Gasteiger partial charge < -0.3 is 39.7 Å². The lowest BCUT2D eigenvalue weighted by Gasteiger charge is -2.41. The van der Waals surface area contributed by atoms with E-state index in [0.717, 1.165) is 18.4 Å². The van der Waals surface area contributed by atoms with Gasteiger partial charge >= 0.3 is 0 Å². The Kier molecular flexibility index (Phi) is 8.30. The summed E-state index contributed by atoms with van der Waals surface area (Å²) in [5, 5.41) is 33.6. The number of carbonyl (C=O) groups is 2. The number of carbonyl (C=O) groups excluding carboxylic acids is 2. The van der Waals surface area contributed by atoms with Crippen LogP contribution in [0.25, 0.3) is 0 Å². The molecule has 1 fully saturated rings. The van der Waals surface area contributed by atoms with E-state index in [1.54, 1.807) is 30.2 Å². The molecule has 0 saturated heterocycles. The maximum Gasteiger partial charge on any atom is 0.247 e. The van der Waals surface area contributed by atoms with Crippen molar-refractivity contribution < 1.29 is 39.1 Å². The van der Waals surface area contributed by atoms with Gasteiger partial charge in [-0.1, -0.05) is 18.2 Å². The van der Waals surface area contributed by atoms with Gasteiger partial charge in [0.25, 0.3) is 0 Å². The molecule has 1 aliphatic heterocycles. The van der Waals surface area contributed by atoms with Crippen LogP contribution in [0.4, 0.5) is 0 Å². The number of hydrogen-bond acceptors (Lipinski definition) is 8. The van der Waals surface area contributed by atoms with Crippen molar-refractivity contribution in [2.45, 2.75) is 50.0 Å². The summed E-state index contributed by atoms with van der Waals surface area (Å²) in [6.07, 6.45) is 1.72. The minimum absolute atomic E-state index is 0.0486. The summed E-state index contributed by atoms with van der Waals surface area (Å²) in [6, 6.07) is 10.2. The van der Waals surface area contributed by atoms with Gasteiger partial charge in [0, 0.05) is 30.1 Å². The molecule has 5 rings (SSSR count). The first-order valence-corrected chi connectivity index (χ1v) is 13.6. The van der Waals surface area contributed by atoms with E-state index in [9.17, 15) is 24.9 Å². The highest BCUT2D eigenvalue weighted by Crippen LogP contribution is 2.51. The third kappa shape index (κ3) is 5.26. The molecule has 3 aliphatic rings. The lowest BCUT2D eigenvalue weighted by atomic mass is 9.77. The standard InChI is InChI=1S/C30H36N2O8/c1-38-23-6-4-3-5-18(23)9-11-32(30(37)19-7-8-19)22-15-21(29(36)31-10-12-33)25-20-13-17(16-34)14-24(39-2)27(20)40-28(25)26(22)35/h3-6,13-15,19,22,25-26,28,33-35H,7-12,16H2,1-2H3,(H,31,36). The Morgan fingerprint density at radius 1 is 1.10 bits per heavy atom. The first-order valence-electron chi connectivity index (χ1n) is 13.6. The fraction of sp³-hybridized carbons (Fsp3) is 0.467. The number of aliphatic hydroxyl groups excluding tert-OH is 3. The van der Waals surface area contributed by atoms with Crippen molar-refractivity contribution in [1.82, 2.24) is 10.2 Å². The predicted molar refractivity (Wildman–Crippen MR) is 145 cm³/mol. The van der Waals surface area contributed by atoms with Crippen molar-refractivity contribution in [2.24, 2.45) is 5.92 Å². The van der Waals surface area contributed by atoms with Crippen LogP contribution in [-0.4, -0.2) is 84.2 Å². The zero-order valence-corrected chi connectivity index (χ0v) is 22.7. The molecular weight excluding hydrogens is 516 g/mol. The van der Waals surface area contributed by atoms with Crippen LogP contribution in [0.5, 0.6) is 17.2 Å². The molecule has 4 N–H and O–H groups in total. The van der Waals surface area contributed by atoms with Crippen LogP contribution in [0.15, 0.2) is 48.0 Å². The Balaban J connectivity index is 1.54. The number of nitrogens with zero attached hydrogens (tertiary/aromatic N) is 1. The van der Waals surface area contributed by atoms with Crippen molar-refractivity contribution in [1.29, 1.82) is 0 Å². The molecule has 40 heavy (non-hydrogen) atoms. The van der Waals surface area contributed by atoms with Gasteiger partial charge in [-0.2, -0.15) is 0 Å². The summed E-state index contributed by atoms with van der Waals surface area (Å²) in [5.74, 6) is 0.227. The van der Waals surface area contributed by atoms with Crippen molar-refractivity contribution in [2.75, 3.05) is 33.9 Å². The normalized spacial score (nSPS) is 22.9. The number of amides is 2. The van der Waals surface area contributed by atoms with Crippen molar-refractivity contribution in [3.8, 4) is 17.2 Å². The first kappa shape index (κ1) is 27.9. The number of fused-ring (bicyclic) bond motifs is 3. The Hall–Kier alpha value is -3.60. The molecule has 4 atom stereocenters. The molecule has 0 aromatic heterocycles. The largest absolute Gasteiger partial charge is 0.496 e. The van der Waals surface area contributed by atoms with Gasteiger partial charge in [0.05, 0.1) is 39.4 Å². The zero-order valence-electron chi connectivity index (χ0n) is 22.7. The minimum atomic E-state index is -1.14. The molecule has 2 aliphatic carbocycles. The summed E-state index contributed by atoms with van der Waals surface area (Å²) in [6.45, 7) is -0.122. The number of aliphatic hydroxyl groups is 3. The lowest BCUT2D eigenvalue weighted by molar-refractivity contribution is -0.138. The second-order valence-electron chi connectivity index (χ2n) is 10.4. The van der Waals surface area contributed by atoms with Crippen LogP contribution in [-0.2, 0) is 22.6 Å². The topological polar surface area (TPSA) is 138 Å². The van der Waals surface area contributed by atoms with Gasteiger partial charge in [-0.25, -0.2) is 0 Å². The number of nitrogens with one attached hydrogen (secondary N) is 1. The van der Waals surface area contributed by atoms with E-state index in [1.807, 2.05) is 24.3 Å². The fourth-order valence-corrected chi connectivity index (χ4v) is 5.74. The minimum Gasteiger partial charge on any atom is -0.496 e. The van der Waals surface area contributed by atoms with Crippen LogP contribution in [0.2, 0.25) is 0 Å². The molecule has 0 radical (unpaired) electrons. The molecule has 10 nitrogen and oxygen atoms in total.